The van der Waals surface area contributed by atoms with Crippen LogP contribution in [0.25, 0.3) is 0 Å². The molecule has 0 saturated carbocycles. The molecule has 2 aromatic heterocycles. The summed E-state index contributed by atoms with van der Waals surface area (Å²) in [6.07, 6.45) is 0. The van der Waals surface area contributed by atoms with E-state index in [1.165, 1.54) is 0 Å². The molecule has 0 aliphatic carbocycles. The fourth-order valence-electron chi connectivity index (χ4n) is 1.61. The van der Waals surface area contributed by atoms with Crippen molar-refractivity contribution in [2.24, 2.45) is 0 Å². The van der Waals surface area contributed by atoms with Gasteiger partial charge in [-0.05, 0) is 0 Å². The molecule has 6 heteroatoms. The van der Waals surface area contributed by atoms with Gasteiger partial charge in [-0.15, -0.1) is 0 Å². The summed E-state index contributed by atoms with van der Waals surface area (Å²) in [6, 6.07) is 0. The van der Waals surface area contributed by atoms with Gasteiger partial charge in [-0.3, -0.25) is 10.2 Å². The molecule has 6 nitrogen and oxygen atoms in total. The van der Waals surface area contributed by atoms with Crippen LogP contribution in [-0.2, 0) is 0 Å². The summed E-state index contributed by atoms with van der Waals surface area (Å²) in [7, 11) is 0. The monoisotopic (exact) mass is 306 g/mol. The van der Waals surface area contributed by atoms with Gasteiger partial charge in [0, 0.05) is 23.7 Å². The summed E-state index contributed by atoms with van der Waals surface area (Å²) in [4.78, 5) is 8.69. The lowest BCUT2D eigenvalue weighted by Gasteiger charge is -1.96. The standard InChI is InChI=1S/2C8H15N3/c2*1-5(2)7-9-8(6(3)4)11-10-7/h2*5-6H,1-4H3,(H,9,10,11). The molecule has 2 rings (SSSR count). The molecule has 0 aromatic carbocycles. The van der Waals surface area contributed by atoms with Gasteiger partial charge < -0.3 is 0 Å². The number of aromatic nitrogens is 6. The molecule has 2 heterocycles. The first-order chi connectivity index (χ1) is 10.2. The Balaban J connectivity index is 0.000000220. The molecule has 0 radical (unpaired) electrons. The highest BCUT2D eigenvalue weighted by molar-refractivity contribution is 4.98. The van der Waals surface area contributed by atoms with Crippen molar-refractivity contribution < 1.29 is 0 Å². The van der Waals surface area contributed by atoms with Crippen LogP contribution in [0.1, 0.15) is 102 Å². The Hall–Kier alpha value is -1.72. The largest absolute Gasteiger partial charge is 0.263 e. The Labute approximate surface area is 133 Å². The third kappa shape index (κ3) is 5.24. The number of hydrogen-bond acceptors (Lipinski definition) is 4. The maximum atomic E-state index is 4.34. The number of rotatable bonds is 4. The highest BCUT2D eigenvalue weighted by Crippen LogP contribution is 2.13. The SMILES string of the molecule is CC(C)c1n[nH]c(C(C)C)n1.CC(C)c1n[nH]c(C(C)C)n1. The van der Waals surface area contributed by atoms with Crippen molar-refractivity contribution >= 4 is 0 Å². The smallest absolute Gasteiger partial charge is 0.153 e. The van der Waals surface area contributed by atoms with Crippen molar-refractivity contribution in [2.75, 3.05) is 0 Å². The van der Waals surface area contributed by atoms with Crippen LogP contribution in [0.15, 0.2) is 0 Å². The van der Waals surface area contributed by atoms with Crippen molar-refractivity contribution in [1.29, 1.82) is 0 Å². The molecule has 0 aliphatic heterocycles. The van der Waals surface area contributed by atoms with Gasteiger partial charge in [0.05, 0.1) is 0 Å². The third-order valence-electron chi connectivity index (χ3n) is 3.17. The van der Waals surface area contributed by atoms with E-state index in [0.29, 0.717) is 23.7 Å². The van der Waals surface area contributed by atoms with Gasteiger partial charge in [0.15, 0.2) is 11.6 Å². The molecule has 0 spiro atoms. The quantitative estimate of drug-likeness (QED) is 0.890. The van der Waals surface area contributed by atoms with Crippen LogP contribution in [0.3, 0.4) is 0 Å². The zero-order valence-electron chi connectivity index (χ0n) is 15.1. The highest BCUT2D eigenvalue weighted by Gasteiger charge is 2.09. The minimum Gasteiger partial charge on any atom is -0.263 e. The van der Waals surface area contributed by atoms with Crippen LogP contribution in [0.2, 0.25) is 0 Å². The Kier molecular flexibility index (Phi) is 6.71. The molecular weight excluding hydrogens is 276 g/mol. The molecule has 0 fully saturated rings. The average Bonchev–Trinajstić information content (AvgIpc) is 3.09. The van der Waals surface area contributed by atoms with Crippen molar-refractivity contribution in [1.82, 2.24) is 30.4 Å². The molecule has 2 N–H and O–H groups in total. The second-order valence-corrected chi connectivity index (χ2v) is 6.78. The predicted octanol–water partition coefficient (Wildman–Crippen LogP) is 4.10. The first-order valence-electron chi connectivity index (χ1n) is 8.06. The summed E-state index contributed by atoms with van der Waals surface area (Å²) >= 11 is 0. The highest BCUT2D eigenvalue weighted by atomic mass is 15.2. The summed E-state index contributed by atoms with van der Waals surface area (Å²) in [6.45, 7) is 16.8. The third-order valence-corrected chi connectivity index (χ3v) is 3.17. The molecule has 0 saturated heterocycles. The van der Waals surface area contributed by atoms with Crippen LogP contribution in [0.4, 0.5) is 0 Å². The molecule has 0 aliphatic rings. The van der Waals surface area contributed by atoms with Crippen LogP contribution in [0, 0.1) is 0 Å². The first-order valence-corrected chi connectivity index (χ1v) is 8.06. The fraction of sp³-hybridized carbons (Fsp3) is 0.750. The van der Waals surface area contributed by atoms with E-state index in [1.54, 1.807) is 0 Å². The Morgan fingerprint density at radius 1 is 0.545 bits per heavy atom. The molecule has 0 unspecified atom stereocenters. The molecule has 0 bridgehead atoms. The lowest BCUT2D eigenvalue weighted by molar-refractivity contribution is 0.769. The predicted molar refractivity (Wildman–Crippen MR) is 89.1 cm³/mol. The second kappa shape index (κ2) is 8.06. The number of aromatic amines is 2. The van der Waals surface area contributed by atoms with E-state index in [2.05, 4.69) is 85.8 Å². The first kappa shape index (κ1) is 18.3. The topological polar surface area (TPSA) is 83.1 Å². The van der Waals surface area contributed by atoms with Crippen LogP contribution in [-0.4, -0.2) is 30.4 Å². The lowest BCUT2D eigenvalue weighted by atomic mass is 10.2. The second-order valence-electron chi connectivity index (χ2n) is 6.78. The van der Waals surface area contributed by atoms with Crippen LogP contribution < -0.4 is 0 Å². The zero-order valence-corrected chi connectivity index (χ0v) is 15.1. The number of nitrogens with one attached hydrogen (secondary N) is 2. The molecule has 0 amide bonds. The Morgan fingerprint density at radius 2 is 0.864 bits per heavy atom. The van der Waals surface area contributed by atoms with Crippen LogP contribution in [0.5, 0.6) is 0 Å². The van der Waals surface area contributed by atoms with E-state index in [1.807, 2.05) is 0 Å². The van der Waals surface area contributed by atoms with E-state index >= 15 is 0 Å². The van der Waals surface area contributed by atoms with Gasteiger partial charge >= 0.3 is 0 Å². The summed E-state index contributed by atoms with van der Waals surface area (Å²) in [5.41, 5.74) is 0. The van der Waals surface area contributed by atoms with Gasteiger partial charge in [-0.25, -0.2) is 9.97 Å². The summed E-state index contributed by atoms with van der Waals surface area (Å²) in [5.74, 6) is 5.49. The summed E-state index contributed by atoms with van der Waals surface area (Å²) < 4.78 is 0. The van der Waals surface area contributed by atoms with Gasteiger partial charge in [-0.2, -0.15) is 10.2 Å². The number of hydrogen-bond donors (Lipinski definition) is 2. The molecule has 124 valence electrons. The minimum absolute atomic E-state index is 0.416. The molecule has 22 heavy (non-hydrogen) atoms. The molecule has 2 aromatic rings. The number of nitrogens with zero attached hydrogens (tertiary/aromatic N) is 4. The zero-order chi connectivity index (χ0) is 16.9. The van der Waals surface area contributed by atoms with Crippen molar-refractivity contribution in [3.8, 4) is 0 Å². The van der Waals surface area contributed by atoms with Crippen molar-refractivity contribution in [3.05, 3.63) is 23.3 Å². The molecular formula is C16H30N6. The van der Waals surface area contributed by atoms with Gasteiger partial charge in [-0.1, -0.05) is 55.4 Å². The lowest BCUT2D eigenvalue weighted by Crippen LogP contribution is -1.92. The van der Waals surface area contributed by atoms with Crippen LogP contribution >= 0.6 is 0 Å². The van der Waals surface area contributed by atoms with Gasteiger partial charge in [0.25, 0.3) is 0 Å². The number of H-pyrrole nitrogens is 2. The average molecular weight is 306 g/mol. The molecule has 0 atom stereocenters. The van der Waals surface area contributed by atoms with E-state index in [0.717, 1.165) is 23.3 Å². The van der Waals surface area contributed by atoms with Gasteiger partial charge in [0.1, 0.15) is 11.6 Å². The van der Waals surface area contributed by atoms with Crippen molar-refractivity contribution in [2.45, 2.75) is 79.1 Å². The van der Waals surface area contributed by atoms with E-state index in [4.69, 9.17) is 0 Å². The minimum atomic E-state index is 0.416. The van der Waals surface area contributed by atoms with E-state index in [9.17, 15) is 0 Å². The van der Waals surface area contributed by atoms with Gasteiger partial charge in [0.2, 0.25) is 0 Å². The normalized spacial score (nSPS) is 11.5. The van der Waals surface area contributed by atoms with E-state index < -0.39 is 0 Å². The fourth-order valence-corrected chi connectivity index (χ4v) is 1.61. The van der Waals surface area contributed by atoms with E-state index in [-0.39, 0.29) is 0 Å². The maximum Gasteiger partial charge on any atom is 0.153 e. The maximum absolute atomic E-state index is 4.34. The Bertz CT molecular complexity index is 455. The van der Waals surface area contributed by atoms with Crippen molar-refractivity contribution in [3.63, 3.8) is 0 Å². The Morgan fingerprint density at radius 3 is 1.00 bits per heavy atom. The summed E-state index contributed by atoms with van der Waals surface area (Å²) in [5, 5.41) is 14.1.